The van der Waals surface area contributed by atoms with Crippen molar-refractivity contribution in [1.82, 2.24) is 10.3 Å². The molecule has 3 nitrogen and oxygen atoms in total. The summed E-state index contributed by atoms with van der Waals surface area (Å²) >= 11 is 1.79. The standard InChI is InChI=1S/C17H24N2OS/c1-12(13-6-8-14(20-5)9-7-13)18-10-15-11-19-16(21-15)17(2,3)4/h6-9,11-12,18H,10H2,1-5H3/t12-/m1/s1. The van der Waals surface area contributed by atoms with Crippen molar-refractivity contribution in [3.05, 3.63) is 45.9 Å². The molecule has 1 aromatic carbocycles. The Labute approximate surface area is 131 Å². The summed E-state index contributed by atoms with van der Waals surface area (Å²) in [6.45, 7) is 9.61. The summed E-state index contributed by atoms with van der Waals surface area (Å²) in [6.07, 6.45) is 1.99. The maximum absolute atomic E-state index is 5.19. The Bertz CT molecular complexity index is 569. The minimum Gasteiger partial charge on any atom is -0.497 e. The summed E-state index contributed by atoms with van der Waals surface area (Å²) in [5.41, 5.74) is 1.39. The molecule has 0 unspecified atom stereocenters. The molecule has 0 aliphatic heterocycles. The molecule has 0 fully saturated rings. The van der Waals surface area contributed by atoms with Gasteiger partial charge >= 0.3 is 0 Å². The Kier molecular flexibility index (Phi) is 5.01. The lowest BCUT2D eigenvalue weighted by Gasteiger charge is -2.15. The van der Waals surface area contributed by atoms with Crippen LogP contribution in [-0.4, -0.2) is 12.1 Å². The largest absolute Gasteiger partial charge is 0.497 e. The number of methoxy groups -OCH3 is 1. The fourth-order valence-electron chi connectivity index (χ4n) is 2.00. The summed E-state index contributed by atoms with van der Waals surface area (Å²) in [5.74, 6) is 0.892. The van der Waals surface area contributed by atoms with Gasteiger partial charge in [0.25, 0.3) is 0 Å². The molecule has 2 rings (SSSR count). The Balaban J connectivity index is 1.94. The molecule has 1 atom stereocenters. The second kappa shape index (κ2) is 6.58. The molecule has 21 heavy (non-hydrogen) atoms. The number of thiazole rings is 1. The molecule has 1 aromatic heterocycles. The molecule has 1 N–H and O–H groups in total. The van der Waals surface area contributed by atoms with E-state index >= 15 is 0 Å². The SMILES string of the molecule is COc1ccc([C@@H](C)NCc2cnc(C(C)(C)C)s2)cc1. The number of benzene rings is 1. The summed E-state index contributed by atoms with van der Waals surface area (Å²) in [4.78, 5) is 5.80. The van der Waals surface area contributed by atoms with Crippen LogP contribution in [0.3, 0.4) is 0 Å². The molecule has 1 heterocycles. The molecule has 4 heteroatoms. The summed E-state index contributed by atoms with van der Waals surface area (Å²) in [6, 6.07) is 8.50. The van der Waals surface area contributed by atoms with E-state index in [9.17, 15) is 0 Å². The van der Waals surface area contributed by atoms with E-state index < -0.39 is 0 Å². The van der Waals surface area contributed by atoms with Gasteiger partial charge in [0.2, 0.25) is 0 Å². The van der Waals surface area contributed by atoms with Gasteiger partial charge in [0.1, 0.15) is 5.75 Å². The van der Waals surface area contributed by atoms with Crippen LogP contribution in [0, 0.1) is 0 Å². The molecule has 0 aliphatic carbocycles. The monoisotopic (exact) mass is 304 g/mol. The maximum atomic E-state index is 5.19. The van der Waals surface area contributed by atoms with E-state index in [1.165, 1.54) is 15.4 Å². The molecule has 0 spiro atoms. The predicted octanol–water partition coefficient (Wildman–Crippen LogP) is 4.30. The van der Waals surface area contributed by atoms with Crippen LogP contribution in [0.2, 0.25) is 0 Å². The number of aromatic nitrogens is 1. The van der Waals surface area contributed by atoms with E-state index in [-0.39, 0.29) is 5.41 Å². The van der Waals surface area contributed by atoms with Crippen LogP contribution in [0.1, 0.15) is 49.2 Å². The van der Waals surface area contributed by atoms with Crippen molar-refractivity contribution in [2.45, 2.75) is 45.7 Å². The highest BCUT2D eigenvalue weighted by molar-refractivity contribution is 7.11. The second-order valence-electron chi connectivity index (χ2n) is 6.26. The molecular formula is C17H24N2OS. The van der Waals surface area contributed by atoms with Crippen molar-refractivity contribution in [1.29, 1.82) is 0 Å². The second-order valence-corrected chi connectivity index (χ2v) is 7.37. The molecule has 0 amide bonds. The Morgan fingerprint density at radius 3 is 2.43 bits per heavy atom. The highest BCUT2D eigenvalue weighted by Gasteiger charge is 2.18. The van der Waals surface area contributed by atoms with Crippen molar-refractivity contribution in [2.24, 2.45) is 0 Å². The van der Waals surface area contributed by atoms with Crippen LogP contribution in [0.4, 0.5) is 0 Å². The van der Waals surface area contributed by atoms with Gasteiger partial charge in [-0.1, -0.05) is 32.9 Å². The smallest absolute Gasteiger partial charge is 0.118 e. The van der Waals surface area contributed by atoms with Gasteiger partial charge in [0, 0.05) is 29.1 Å². The Morgan fingerprint density at radius 1 is 1.24 bits per heavy atom. The average molecular weight is 304 g/mol. The summed E-state index contributed by atoms with van der Waals surface area (Å²) < 4.78 is 5.19. The lowest BCUT2D eigenvalue weighted by Crippen LogP contribution is -2.17. The van der Waals surface area contributed by atoms with Crippen LogP contribution in [-0.2, 0) is 12.0 Å². The van der Waals surface area contributed by atoms with Gasteiger partial charge in [-0.3, -0.25) is 0 Å². The van der Waals surface area contributed by atoms with Gasteiger partial charge in [0.05, 0.1) is 12.1 Å². The summed E-state index contributed by atoms with van der Waals surface area (Å²) in [5, 5.41) is 4.74. The highest BCUT2D eigenvalue weighted by atomic mass is 32.1. The van der Waals surface area contributed by atoms with Crippen LogP contribution < -0.4 is 10.1 Å². The van der Waals surface area contributed by atoms with Gasteiger partial charge in [-0.05, 0) is 24.6 Å². The fourth-order valence-corrected chi connectivity index (χ4v) is 2.92. The first-order valence-electron chi connectivity index (χ1n) is 7.22. The van der Waals surface area contributed by atoms with Crippen molar-refractivity contribution >= 4 is 11.3 Å². The first-order chi connectivity index (χ1) is 9.90. The molecule has 0 aliphatic rings. The van der Waals surface area contributed by atoms with Gasteiger partial charge in [-0.15, -0.1) is 11.3 Å². The quantitative estimate of drug-likeness (QED) is 0.894. The normalized spacial score (nSPS) is 13.2. The van der Waals surface area contributed by atoms with Crippen molar-refractivity contribution < 1.29 is 4.74 Å². The van der Waals surface area contributed by atoms with E-state index in [0.29, 0.717) is 6.04 Å². The predicted molar refractivity (Wildman–Crippen MR) is 89.1 cm³/mol. The molecule has 114 valence electrons. The van der Waals surface area contributed by atoms with Crippen molar-refractivity contribution in [3.63, 3.8) is 0 Å². The Hall–Kier alpha value is -1.39. The fraction of sp³-hybridized carbons (Fsp3) is 0.471. The third-order valence-corrected chi connectivity index (χ3v) is 4.82. The summed E-state index contributed by atoms with van der Waals surface area (Å²) in [7, 11) is 1.69. The van der Waals surface area contributed by atoms with E-state index in [4.69, 9.17) is 4.74 Å². The van der Waals surface area contributed by atoms with E-state index in [1.54, 1.807) is 18.4 Å². The van der Waals surface area contributed by atoms with E-state index in [0.717, 1.165) is 12.3 Å². The first-order valence-corrected chi connectivity index (χ1v) is 8.04. The van der Waals surface area contributed by atoms with Crippen LogP contribution in [0.15, 0.2) is 30.5 Å². The van der Waals surface area contributed by atoms with Crippen LogP contribution in [0.5, 0.6) is 5.75 Å². The van der Waals surface area contributed by atoms with E-state index in [2.05, 4.69) is 50.1 Å². The number of nitrogens with zero attached hydrogens (tertiary/aromatic N) is 1. The zero-order valence-electron chi connectivity index (χ0n) is 13.4. The van der Waals surface area contributed by atoms with Gasteiger partial charge in [-0.2, -0.15) is 0 Å². The van der Waals surface area contributed by atoms with Crippen molar-refractivity contribution in [3.8, 4) is 5.75 Å². The minimum absolute atomic E-state index is 0.129. The Morgan fingerprint density at radius 2 is 1.90 bits per heavy atom. The van der Waals surface area contributed by atoms with Gasteiger partial charge in [0.15, 0.2) is 0 Å². The molecule has 0 bridgehead atoms. The topological polar surface area (TPSA) is 34.1 Å². The minimum atomic E-state index is 0.129. The zero-order valence-corrected chi connectivity index (χ0v) is 14.3. The number of hydrogen-bond donors (Lipinski definition) is 1. The molecular weight excluding hydrogens is 280 g/mol. The third-order valence-electron chi connectivity index (χ3n) is 3.39. The van der Waals surface area contributed by atoms with E-state index in [1.807, 2.05) is 18.3 Å². The van der Waals surface area contributed by atoms with Gasteiger partial charge in [-0.25, -0.2) is 4.98 Å². The number of nitrogens with one attached hydrogen (secondary N) is 1. The van der Waals surface area contributed by atoms with Gasteiger partial charge < -0.3 is 10.1 Å². The molecule has 0 saturated heterocycles. The average Bonchev–Trinajstić information content (AvgIpc) is 2.94. The number of hydrogen-bond acceptors (Lipinski definition) is 4. The highest BCUT2D eigenvalue weighted by Crippen LogP contribution is 2.27. The first kappa shape index (κ1) is 16.0. The number of rotatable bonds is 5. The zero-order chi connectivity index (χ0) is 15.5. The van der Waals surface area contributed by atoms with Crippen LogP contribution in [0.25, 0.3) is 0 Å². The lowest BCUT2D eigenvalue weighted by atomic mass is 9.98. The lowest BCUT2D eigenvalue weighted by molar-refractivity contribution is 0.414. The maximum Gasteiger partial charge on any atom is 0.118 e. The molecule has 0 radical (unpaired) electrons. The molecule has 0 saturated carbocycles. The van der Waals surface area contributed by atoms with Crippen molar-refractivity contribution in [2.75, 3.05) is 7.11 Å². The third kappa shape index (κ3) is 4.29. The molecule has 2 aromatic rings. The number of ether oxygens (including phenoxy) is 1. The van der Waals surface area contributed by atoms with Crippen LogP contribution >= 0.6 is 11.3 Å².